The maximum Gasteiger partial charge on any atom is 0.143 e. The molecular weight excluding hydrogens is 621 g/mol. The van der Waals surface area contributed by atoms with Crippen molar-refractivity contribution in [2.45, 2.75) is 18.4 Å². The average molecular weight is 655 g/mol. The number of amidine groups is 1. The highest BCUT2D eigenvalue weighted by Crippen LogP contribution is 2.53. The van der Waals surface area contributed by atoms with Crippen molar-refractivity contribution in [1.82, 2.24) is 5.32 Å². The molecule has 0 radical (unpaired) electrons. The minimum absolute atomic E-state index is 0.164. The van der Waals surface area contributed by atoms with Crippen molar-refractivity contribution in [2.75, 3.05) is 0 Å². The third-order valence-electron chi connectivity index (χ3n) is 10.8. The summed E-state index contributed by atoms with van der Waals surface area (Å²) in [6.07, 6.45) is 2.26. The first-order valence-electron chi connectivity index (χ1n) is 17.6. The largest absolute Gasteiger partial charge is 0.455 e. The summed E-state index contributed by atoms with van der Waals surface area (Å²) in [5, 5.41) is 6.12. The van der Waals surface area contributed by atoms with E-state index in [0.29, 0.717) is 0 Å². The first-order valence-corrected chi connectivity index (χ1v) is 17.6. The van der Waals surface area contributed by atoms with E-state index < -0.39 is 0 Å². The number of benzene rings is 7. The van der Waals surface area contributed by atoms with Crippen LogP contribution in [0.5, 0.6) is 0 Å². The van der Waals surface area contributed by atoms with Crippen LogP contribution in [-0.2, 0) is 5.41 Å². The van der Waals surface area contributed by atoms with Crippen LogP contribution in [0, 0.1) is 0 Å². The van der Waals surface area contributed by atoms with E-state index in [1.54, 1.807) is 0 Å². The van der Waals surface area contributed by atoms with Gasteiger partial charge in [-0.15, -0.1) is 0 Å². The molecule has 1 N–H and O–H groups in total. The van der Waals surface area contributed by atoms with Gasteiger partial charge in [0.1, 0.15) is 17.0 Å². The number of hydrogen-bond acceptors (Lipinski definition) is 3. The normalized spacial score (nSPS) is 17.8. The number of fused-ring (bicyclic) bond motifs is 6. The van der Waals surface area contributed by atoms with Gasteiger partial charge in [-0.3, -0.25) is 4.99 Å². The monoisotopic (exact) mass is 654 g/mol. The van der Waals surface area contributed by atoms with E-state index in [-0.39, 0.29) is 11.5 Å². The molecule has 10 rings (SSSR count). The fraction of sp³-hybridized carbons (Fsp3) is 0.0625. The number of nitrogens with one attached hydrogen (secondary N) is 1. The summed E-state index contributed by atoms with van der Waals surface area (Å²) in [6.45, 7) is 2.37. The van der Waals surface area contributed by atoms with Gasteiger partial charge in [0.25, 0.3) is 0 Å². The van der Waals surface area contributed by atoms with Crippen LogP contribution in [0.25, 0.3) is 49.9 Å². The summed E-state index contributed by atoms with van der Waals surface area (Å²) >= 11 is 0. The summed E-state index contributed by atoms with van der Waals surface area (Å²) in [5.41, 5.74) is 14.4. The highest BCUT2D eigenvalue weighted by molar-refractivity contribution is 6.10. The van der Waals surface area contributed by atoms with Crippen molar-refractivity contribution in [2.24, 2.45) is 4.99 Å². The molecule has 3 heteroatoms. The summed E-state index contributed by atoms with van der Waals surface area (Å²) < 4.78 is 6.45. The molecule has 2 aliphatic rings. The second kappa shape index (κ2) is 11.6. The number of aliphatic imine (C=N–C) groups is 1. The van der Waals surface area contributed by atoms with Gasteiger partial charge in [-0.1, -0.05) is 158 Å². The number of rotatable bonds is 5. The molecule has 242 valence electrons. The third-order valence-corrected chi connectivity index (χ3v) is 10.8. The quantitative estimate of drug-likeness (QED) is 0.201. The predicted molar refractivity (Wildman–Crippen MR) is 210 cm³/mol. The highest BCUT2D eigenvalue weighted by Gasteiger charge is 2.43. The van der Waals surface area contributed by atoms with Crippen molar-refractivity contribution >= 4 is 33.5 Å². The van der Waals surface area contributed by atoms with Crippen LogP contribution < -0.4 is 5.32 Å². The van der Waals surface area contributed by atoms with Crippen LogP contribution in [0.1, 0.15) is 46.3 Å². The first kappa shape index (κ1) is 29.5. The third kappa shape index (κ3) is 4.62. The van der Waals surface area contributed by atoms with Gasteiger partial charge in [0.05, 0.1) is 6.04 Å². The van der Waals surface area contributed by atoms with Gasteiger partial charge in [0.15, 0.2) is 0 Å². The van der Waals surface area contributed by atoms with Gasteiger partial charge in [-0.05, 0) is 69.6 Å². The van der Waals surface area contributed by atoms with Crippen LogP contribution in [0.2, 0.25) is 0 Å². The Bertz CT molecular complexity index is 2680. The van der Waals surface area contributed by atoms with E-state index in [9.17, 15) is 0 Å². The van der Waals surface area contributed by atoms with E-state index in [0.717, 1.165) is 61.3 Å². The lowest BCUT2D eigenvalue weighted by Gasteiger charge is -2.32. The minimum Gasteiger partial charge on any atom is -0.455 e. The zero-order valence-corrected chi connectivity index (χ0v) is 28.2. The average Bonchev–Trinajstić information content (AvgIpc) is 3.72. The lowest BCUT2D eigenvalue weighted by molar-refractivity contribution is 0.670. The molecule has 1 aromatic heterocycles. The number of hydrogen-bond donors (Lipinski definition) is 1. The van der Waals surface area contributed by atoms with Gasteiger partial charge in [-0.25, -0.2) is 0 Å². The molecule has 7 aromatic carbocycles. The van der Waals surface area contributed by atoms with E-state index >= 15 is 0 Å². The molecular formula is C48H34N2O. The molecule has 0 bridgehead atoms. The molecule has 1 aliphatic heterocycles. The molecule has 0 spiro atoms. The van der Waals surface area contributed by atoms with Crippen LogP contribution in [-0.4, -0.2) is 5.84 Å². The van der Waals surface area contributed by atoms with E-state index in [1.165, 1.54) is 27.8 Å². The molecule has 0 saturated carbocycles. The molecule has 1 aliphatic carbocycles. The zero-order chi connectivity index (χ0) is 33.9. The zero-order valence-electron chi connectivity index (χ0n) is 28.2. The van der Waals surface area contributed by atoms with Crippen molar-refractivity contribution < 1.29 is 4.42 Å². The Morgan fingerprint density at radius 2 is 1.22 bits per heavy atom. The standard InChI is InChI=1S/C48H34N2O/c1-48(34-19-6-3-7-20-34)41-27-10-8-21-36(41)38-24-14-26-40(45(38)48)47-49-42(31-15-4-2-5-16-31)30-43(50-47)33-18-12-17-32(29-33)35-23-13-25-39-37-22-9-11-28-44(37)51-46(35)39/h2-30,42H,1H3,(H,49,50). The Morgan fingerprint density at radius 1 is 0.569 bits per heavy atom. The summed E-state index contributed by atoms with van der Waals surface area (Å²) in [5.74, 6) is 0.873. The molecule has 51 heavy (non-hydrogen) atoms. The SMILES string of the molecule is CC1(c2ccccc2)c2ccccc2-c2cccc(C3=NC(c4ccccc4)C=C(c4cccc(-c5cccc6c5oc5ccccc56)c4)N3)c21. The van der Waals surface area contributed by atoms with Gasteiger partial charge < -0.3 is 9.73 Å². The lowest BCUT2D eigenvalue weighted by Crippen LogP contribution is -2.32. The second-order valence-electron chi connectivity index (χ2n) is 13.7. The molecule has 8 aromatic rings. The van der Waals surface area contributed by atoms with Crippen LogP contribution in [0.15, 0.2) is 185 Å². The van der Waals surface area contributed by atoms with E-state index in [4.69, 9.17) is 9.41 Å². The summed E-state index contributed by atoms with van der Waals surface area (Å²) in [6, 6.07) is 60.3. The van der Waals surface area contributed by atoms with E-state index in [1.807, 2.05) is 12.1 Å². The van der Waals surface area contributed by atoms with Gasteiger partial charge in [0, 0.05) is 33.0 Å². The predicted octanol–water partition coefficient (Wildman–Crippen LogP) is 11.7. The smallest absolute Gasteiger partial charge is 0.143 e. The van der Waals surface area contributed by atoms with Crippen molar-refractivity contribution in [1.29, 1.82) is 0 Å². The maximum absolute atomic E-state index is 6.45. The number of nitrogens with zero attached hydrogens (tertiary/aromatic N) is 1. The molecule has 0 amide bonds. The van der Waals surface area contributed by atoms with Crippen molar-refractivity contribution in [3.05, 3.63) is 209 Å². The minimum atomic E-state index is -0.358. The first-order chi connectivity index (χ1) is 25.2. The van der Waals surface area contributed by atoms with Gasteiger partial charge in [0.2, 0.25) is 0 Å². The Labute approximate surface area is 297 Å². The highest BCUT2D eigenvalue weighted by atomic mass is 16.3. The molecule has 0 saturated heterocycles. The molecule has 2 heterocycles. The molecule has 3 nitrogen and oxygen atoms in total. The summed E-state index contributed by atoms with van der Waals surface area (Å²) in [7, 11) is 0. The van der Waals surface area contributed by atoms with Crippen molar-refractivity contribution in [3.8, 4) is 22.3 Å². The summed E-state index contributed by atoms with van der Waals surface area (Å²) in [4.78, 5) is 5.46. The van der Waals surface area contributed by atoms with Crippen LogP contribution in [0.4, 0.5) is 0 Å². The fourth-order valence-electron chi connectivity index (χ4n) is 8.36. The topological polar surface area (TPSA) is 37.5 Å². The fourth-order valence-corrected chi connectivity index (χ4v) is 8.36. The van der Waals surface area contributed by atoms with Gasteiger partial charge in [-0.2, -0.15) is 0 Å². The van der Waals surface area contributed by atoms with Crippen molar-refractivity contribution in [3.63, 3.8) is 0 Å². The van der Waals surface area contributed by atoms with Gasteiger partial charge >= 0.3 is 0 Å². The van der Waals surface area contributed by atoms with Crippen LogP contribution >= 0.6 is 0 Å². The number of para-hydroxylation sites is 2. The maximum atomic E-state index is 6.45. The second-order valence-corrected chi connectivity index (χ2v) is 13.7. The van der Waals surface area contributed by atoms with E-state index in [2.05, 4.69) is 176 Å². The molecule has 2 atom stereocenters. The molecule has 0 fully saturated rings. The number of furan rings is 1. The molecule has 2 unspecified atom stereocenters. The lowest BCUT2D eigenvalue weighted by atomic mass is 9.72. The van der Waals surface area contributed by atoms with Crippen LogP contribution in [0.3, 0.4) is 0 Å². The Morgan fingerprint density at radius 3 is 2.10 bits per heavy atom. The Hall–Kier alpha value is -6.45. The Balaban J connectivity index is 1.13. The Kier molecular flexibility index (Phi) is 6.68.